The van der Waals surface area contributed by atoms with Crippen LogP contribution in [0.1, 0.15) is 34.3 Å². The van der Waals surface area contributed by atoms with E-state index in [2.05, 4.69) is 15.5 Å². The van der Waals surface area contributed by atoms with Crippen LogP contribution in [0.2, 0.25) is 0 Å². The zero-order chi connectivity index (χ0) is 19.3. The van der Waals surface area contributed by atoms with Gasteiger partial charge < -0.3 is 15.0 Å². The zero-order valence-corrected chi connectivity index (χ0v) is 15.6. The molecule has 8 nitrogen and oxygen atoms in total. The highest BCUT2D eigenvalue weighted by molar-refractivity contribution is 6.05. The number of hydrogen-bond donors (Lipinski definition) is 2. The predicted octanol–water partition coefficient (Wildman–Crippen LogP) is -0.380. The van der Waals surface area contributed by atoms with E-state index in [1.807, 2.05) is 18.2 Å². The van der Waals surface area contributed by atoms with Crippen molar-refractivity contribution in [2.45, 2.75) is 44.1 Å². The first kappa shape index (κ1) is 17.8. The van der Waals surface area contributed by atoms with Crippen LogP contribution in [0.3, 0.4) is 0 Å². The number of imide groups is 1. The molecule has 0 aliphatic carbocycles. The first-order chi connectivity index (χ1) is 13.6. The molecule has 0 radical (unpaired) electrons. The molecule has 3 saturated heterocycles. The second-order valence-corrected chi connectivity index (χ2v) is 8.03. The molecule has 148 valence electrons. The molecule has 1 aromatic rings. The van der Waals surface area contributed by atoms with E-state index in [0.717, 1.165) is 43.0 Å². The van der Waals surface area contributed by atoms with Crippen LogP contribution in [0.15, 0.2) is 18.2 Å². The van der Waals surface area contributed by atoms with Crippen LogP contribution in [-0.2, 0) is 27.4 Å². The molecule has 1 unspecified atom stereocenters. The third-order valence-corrected chi connectivity index (χ3v) is 6.31. The van der Waals surface area contributed by atoms with Gasteiger partial charge in [-0.25, -0.2) is 0 Å². The average molecular weight is 384 g/mol. The predicted molar refractivity (Wildman–Crippen MR) is 99.3 cm³/mol. The molecule has 4 aliphatic heterocycles. The summed E-state index contributed by atoms with van der Waals surface area (Å²) in [6, 6.07) is 6.26. The summed E-state index contributed by atoms with van der Waals surface area (Å²) >= 11 is 0. The molecule has 4 aliphatic rings. The summed E-state index contributed by atoms with van der Waals surface area (Å²) in [5.74, 6) is -0.733. The van der Waals surface area contributed by atoms with Crippen molar-refractivity contribution in [3.05, 3.63) is 34.9 Å². The summed E-state index contributed by atoms with van der Waals surface area (Å²) < 4.78 is 5.39. The summed E-state index contributed by atoms with van der Waals surface area (Å²) in [5, 5.41) is 5.68. The minimum absolute atomic E-state index is 0.100. The Morgan fingerprint density at radius 2 is 1.96 bits per heavy atom. The smallest absolute Gasteiger partial charge is 0.255 e. The number of piperidine rings is 1. The molecule has 3 amide bonds. The molecule has 1 aromatic carbocycles. The second kappa shape index (κ2) is 6.95. The number of carbonyl (C=O) groups is 3. The molecule has 4 heterocycles. The molecule has 0 bridgehead atoms. The Kier molecular flexibility index (Phi) is 4.41. The molecular weight excluding hydrogens is 360 g/mol. The summed E-state index contributed by atoms with van der Waals surface area (Å²) in [6.45, 7) is 4.53. The van der Waals surface area contributed by atoms with Crippen molar-refractivity contribution in [1.29, 1.82) is 0 Å². The second-order valence-electron chi connectivity index (χ2n) is 8.03. The Bertz CT molecular complexity index is 819. The third-order valence-electron chi connectivity index (χ3n) is 6.31. The number of fused-ring (bicyclic) bond motifs is 1. The van der Waals surface area contributed by atoms with Gasteiger partial charge in [0.1, 0.15) is 6.04 Å². The Morgan fingerprint density at radius 3 is 2.61 bits per heavy atom. The fourth-order valence-electron chi connectivity index (χ4n) is 4.50. The SMILES string of the molecule is O=C1CCC(N2Cc3cccc(CN(C4CNC4)C4COC4)c3C2=O)C(=O)N1. The summed E-state index contributed by atoms with van der Waals surface area (Å²) in [4.78, 5) is 41.0. The highest BCUT2D eigenvalue weighted by Gasteiger charge is 2.41. The first-order valence-corrected chi connectivity index (χ1v) is 9.91. The molecule has 0 aromatic heterocycles. The van der Waals surface area contributed by atoms with Crippen LogP contribution in [0.5, 0.6) is 0 Å². The molecule has 5 rings (SSSR count). The van der Waals surface area contributed by atoms with Crippen molar-refractivity contribution >= 4 is 17.7 Å². The molecule has 8 heteroatoms. The van der Waals surface area contributed by atoms with E-state index in [1.54, 1.807) is 4.90 Å². The van der Waals surface area contributed by atoms with Gasteiger partial charge in [-0.15, -0.1) is 0 Å². The quantitative estimate of drug-likeness (QED) is 0.673. The molecule has 0 spiro atoms. The van der Waals surface area contributed by atoms with Crippen LogP contribution in [0, 0.1) is 0 Å². The highest BCUT2D eigenvalue weighted by Crippen LogP contribution is 2.31. The third kappa shape index (κ3) is 2.92. The lowest BCUT2D eigenvalue weighted by Crippen LogP contribution is -2.63. The summed E-state index contributed by atoms with van der Waals surface area (Å²) in [5.41, 5.74) is 2.70. The topological polar surface area (TPSA) is 91.0 Å². The molecule has 3 fully saturated rings. The van der Waals surface area contributed by atoms with Gasteiger partial charge in [0.05, 0.1) is 19.3 Å². The lowest BCUT2D eigenvalue weighted by atomic mass is 9.99. The maximum absolute atomic E-state index is 13.2. The highest BCUT2D eigenvalue weighted by atomic mass is 16.5. The number of benzene rings is 1. The normalized spacial score (nSPS) is 25.5. The fraction of sp³-hybridized carbons (Fsp3) is 0.550. The minimum Gasteiger partial charge on any atom is -0.378 e. The monoisotopic (exact) mass is 384 g/mol. The lowest BCUT2D eigenvalue weighted by Gasteiger charge is -2.46. The molecule has 28 heavy (non-hydrogen) atoms. The maximum Gasteiger partial charge on any atom is 0.255 e. The van der Waals surface area contributed by atoms with Gasteiger partial charge in [0.25, 0.3) is 5.91 Å². The van der Waals surface area contributed by atoms with Gasteiger partial charge in [-0.3, -0.25) is 24.6 Å². The number of amides is 3. The van der Waals surface area contributed by atoms with Gasteiger partial charge in [0.2, 0.25) is 11.8 Å². The van der Waals surface area contributed by atoms with E-state index in [-0.39, 0.29) is 24.1 Å². The zero-order valence-electron chi connectivity index (χ0n) is 15.6. The van der Waals surface area contributed by atoms with Crippen molar-refractivity contribution < 1.29 is 19.1 Å². The van der Waals surface area contributed by atoms with E-state index in [4.69, 9.17) is 4.74 Å². The minimum atomic E-state index is -0.572. The maximum atomic E-state index is 13.2. The Labute approximate surface area is 163 Å². The first-order valence-electron chi connectivity index (χ1n) is 9.91. The van der Waals surface area contributed by atoms with Crippen LogP contribution in [0.4, 0.5) is 0 Å². The van der Waals surface area contributed by atoms with Crippen molar-refractivity contribution in [2.24, 2.45) is 0 Å². The Hall–Kier alpha value is -2.29. The van der Waals surface area contributed by atoms with Crippen molar-refractivity contribution in [3.8, 4) is 0 Å². The number of ether oxygens (including phenoxy) is 1. The standard InChI is InChI=1S/C20H24N4O4/c25-17-5-4-16(19(26)22-17)24-9-13-3-1-2-12(18(13)20(24)27)8-23(14-6-21-7-14)15-10-28-11-15/h1-3,14-16,21H,4-11H2,(H,22,25,26). The van der Waals surface area contributed by atoms with Gasteiger partial charge in [-0.2, -0.15) is 0 Å². The van der Waals surface area contributed by atoms with Gasteiger partial charge in [0, 0.05) is 44.2 Å². The van der Waals surface area contributed by atoms with Crippen molar-refractivity contribution in [3.63, 3.8) is 0 Å². The van der Waals surface area contributed by atoms with Crippen molar-refractivity contribution in [2.75, 3.05) is 26.3 Å². The van der Waals surface area contributed by atoms with E-state index in [9.17, 15) is 14.4 Å². The lowest BCUT2D eigenvalue weighted by molar-refractivity contribution is -0.136. The van der Waals surface area contributed by atoms with Gasteiger partial charge in [-0.1, -0.05) is 18.2 Å². The fourth-order valence-corrected chi connectivity index (χ4v) is 4.50. The Balaban J connectivity index is 1.39. The van der Waals surface area contributed by atoms with Gasteiger partial charge >= 0.3 is 0 Å². The molecule has 0 saturated carbocycles. The van der Waals surface area contributed by atoms with Gasteiger partial charge in [-0.05, 0) is 17.5 Å². The number of carbonyl (C=O) groups excluding carboxylic acids is 3. The van der Waals surface area contributed by atoms with E-state index in [0.29, 0.717) is 31.6 Å². The largest absolute Gasteiger partial charge is 0.378 e. The van der Waals surface area contributed by atoms with E-state index < -0.39 is 6.04 Å². The molecular formula is C20H24N4O4. The molecule has 2 N–H and O–H groups in total. The van der Waals surface area contributed by atoms with Crippen LogP contribution >= 0.6 is 0 Å². The van der Waals surface area contributed by atoms with Crippen LogP contribution in [0.25, 0.3) is 0 Å². The van der Waals surface area contributed by atoms with Gasteiger partial charge in [0.15, 0.2) is 0 Å². The summed E-state index contributed by atoms with van der Waals surface area (Å²) in [7, 11) is 0. The number of rotatable bonds is 5. The summed E-state index contributed by atoms with van der Waals surface area (Å²) in [6.07, 6.45) is 0.659. The van der Waals surface area contributed by atoms with Crippen molar-refractivity contribution in [1.82, 2.24) is 20.4 Å². The average Bonchev–Trinajstić information content (AvgIpc) is 2.89. The molecule has 1 atom stereocenters. The number of nitrogens with one attached hydrogen (secondary N) is 2. The van der Waals surface area contributed by atoms with E-state index >= 15 is 0 Å². The number of hydrogen-bond acceptors (Lipinski definition) is 6. The number of nitrogens with zero attached hydrogens (tertiary/aromatic N) is 2. The Morgan fingerprint density at radius 1 is 1.14 bits per heavy atom. The van der Waals surface area contributed by atoms with Crippen LogP contribution in [-0.4, -0.2) is 72.0 Å². The van der Waals surface area contributed by atoms with E-state index in [1.165, 1.54) is 0 Å². The van der Waals surface area contributed by atoms with Crippen LogP contribution < -0.4 is 10.6 Å².